The lowest BCUT2D eigenvalue weighted by molar-refractivity contribution is 0.419. The zero-order valence-electron chi connectivity index (χ0n) is 7.12. The van der Waals surface area contributed by atoms with Gasteiger partial charge in [-0.2, -0.15) is 0 Å². The van der Waals surface area contributed by atoms with Crippen LogP contribution in [-0.4, -0.2) is 12.1 Å². The first-order valence-electron chi connectivity index (χ1n) is 3.90. The molecule has 0 aliphatic carbocycles. The van der Waals surface area contributed by atoms with Gasteiger partial charge in [-0.15, -0.1) is 0 Å². The Bertz CT molecular complexity index is 442. The van der Waals surface area contributed by atoms with Crippen LogP contribution in [0.1, 0.15) is 0 Å². The summed E-state index contributed by atoms with van der Waals surface area (Å²) in [6, 6.07) is 7.78. The Kier molecular flexibility index (Phi) is 2.19. The second kappa shape index (κ2) is 3.34. The Morgan fingerprint density at radius 1 is 1.31 bits per heavy atom. The smallest absolute Gasteiger partial charge is 0.129 e. The third kappa shape index (κ3) is 1.40. The van der Waals surface area contributed by atoms with Crippen molar-refractivity contribution >= 4 is 26.8 Å². The normalized spacial score (nSPS) is 10.3. The van der Waals surface area contributed by atoms with Crippen LogP contribution in [0.5, 0.6) is 5.75 Å². The van der Waals surface area contributed by atoms with Gasteiger partial charge in [-0.3, -0.25) is 4.98 Å². The minimum atomic E-state index is 0.853. The van der Waals surface area contributed by atoms with Gasteiger partial charge in [-0.05, 0) is 34.1 Å². The fourth-order valence-corrected chi connectivity index (χ4v) is 1.76. The molecule has 0 saturated heterocycles. The molecule has 0 radical (unpaired) electrons. The van der Waals surface area contributed by atoms with E-state index >= 15 is 0 Å². The Morgan fingerprint density at radius 2 is 2.15 bits per heavy atom. The van der Waals surface area contributed by atoms with Crippen LogP contribution in [0.3, 0.4) is 0 Å². The average Bonchev–Trinajstić information content (AvgIpc) is 2.18. The molecule has 2 rings (SSSR count). The van der Waals surface area contributed by atoms with Crippen molar-refractivity contribution in [2.24, 2.45) is 0 Å². The SMILES string of the molecule is COc1ccnc2c(Br)cccc12. The van der Waals surface area contributed by atoms with Crippen molar-refractivity contribution in [3.8, 4) is 5.75 Å². The van der Waals surface area contributed by atoms with Crippen LogP contribution < -0.4 is 4.74 Å². The number of pyridine rings is 1. The Morgan fingerprint density at radius 3 is 2.92 bits per heavy atom. The molecule has 0 aliphatic rings. The van der Waals surface area contributed by atoms with E-state index in [1.807, 2.05) is 24.3 Å². The number of ether oxygens (including phenoxy) is 1. The summed E-state index contributed by atoms with van der Waals surface area (Å²) in [5, 5.41) is 1.03. The molecule has 0 spiro atoms. The summed E-state index contributed by atoms with van der Waals surface area (Å²) < 4.78 is 6.21. The maximum atomic E-state index is 5.22. The number of hydrogen-bond donors (Lipinski definition) is 0. The second-order valence-corrected chi connectivity index (χ2v) is 3.50. The van der Waals surface area contributed by atoms with Crippen molar-refractivity contribution in [2.45, 2.75) is 0 Å². The first-order chi connectivity index (χ1) is 6.33. The number of halogens is 1. The number of hydrogen-bond acceptors (Lipinski definition) is 2. The lowest BCUT2D eigenvalue weighted by Gasteiger charge is -2.04. The molecular weight excluding hydrogens is 230 g/mol. The summed E-state index contributed by atoms with van der Waals surface area (Å²) in [5.74, 6) is 0.853. The number of methoxy groups -OCH3 is 1. The largest absolute Gasteiger partial charge is 0.496 e. The van der Waals surface area contributed by atoms with Crippen LogP contribution in [0.25, 0.3) is 10.9 Å². The van der Waals surface area contributed by atoms with E-state index in [0.29, 0.717) is 0 Å². The molecule has 13 heavy (non-hydrogen) atoms. The summed E-state index contributed by atoms with van der Waals surface area (Å²) >= 11 is 3.44. The van der Waals surface area contributed by atoms with Gasteiger partial charge in [0.2, 0.25) is 0 Å². The van der Waals surface area contributed by atoms with Gasteiger partial charge >= 0.3 is 0 Å². The van der Waals surface area contributed by atoms with E-state index in [-0.39, 0.29) is 0 Å². The van der Waals surface area contributed by atoms with E-state index in [0.717, 1.165) is 21.1 Å². The highest BCUT2D eigenvalue weighted by Gasteiger charge is 2.03. The predicted molar refractivity (Wildman–Crippen MR) is 56.0 cm³/mol. The molecule has 0 amide bonds. The summed E-state index contributed by atoms with van der Waals surface area (Å²) in [4.78, 5) is 4.26. The third-order valence-corrected chi connectivity index (χ3v) is 2.54. The maximum Gasteiger partial charge on any atom is 0.129 e. The van der Waals surface area contributed by atoms with E-state index < -0.39 is 0 Å². The lowest BCUT2D eigenvalue weighted by Crippen LogP contribution is -1.86. The van der Waals surface area contributed by atoms with Crippen molar-refractivity contribution in [1.29, 1.82) is 0 Å². The molecule has 66 valence electrons. The van der Waals surface area contributed by atoms with Crippen molar-refractivity contribution in [2.75, 3.05) is 7.11 Å². The van der Waals surface area contributed by atoms with Crippen LogP contribution >= 0.6 is 15.9 Å². The number of fused-ring (bicyclic) bond motifs is 1. The molecule has 2 aromatic rings. The van der Waals surface area contributed by atoms with Gasteiger partial charge in [0.1, 0.15) is 5.75 Å². The number of aromatic nitrogens is 1. The highest BCUT2D eigenvalue weighted by molar-refractivity contribution is 9.10. The second-order valence-electron chi connectivity index (χ2n) is 2.65. The predicted octanol–water partition coefficient (Wildman–Crippen LogP) is 3.01. The van der Waals surface area contributed by atoms with E-state index in [1.54, 1.807) is 13.3 Å². The maximum absolute atomic E-state index is 5.22. The molecule has 0 saturated carbocycles. The van der Waals surface area contributed by atoms with E-state index in [9.17, 15) is 0 Å². The van der Waals surface area contributed by atoms with Gasteiger partial charge < -0.3 is 4.74 Å². The molecule has 3 heteroatoms. The average molecular weight is 238 g/mol. The van der Waals surface area contributed by atoms with Gasteiger partial charge in [0.25, 0.3) is 0 Å². The zero-order valence-corrected chi connectivity index (χ0v) is 8.71. The minimum absolute atomic E-state index is 0.853. The van der Waals surface area contributed by atoms with Gasteiger partial charge in [0.05, 0.1) is 12.6 Å². The van der Waals surface area contributed by atoms with Gasteiger partial charge in [-0.1, -0.05) is 6.07 Å². The fraction of sp³-hybridized carbons (Fsp3) is 0.100. The van der Waals surface area contributed by atoms with Gasteiger partial charge in [0, 0.05) is 16.1 Å². The van der Waals surface area contributed by atoms with Crippen molar-refractivity contribution in [1.82, 2.24) is 4.98 Å². The van der Waals surface area contributed by atoms with E-state index in [2.05, 4.69) is 20.9 Å². The van der Waals surface area contributed by atoms with Crippen molar-refractivity contribution in [3.63, 3.8) is 0 Å². The number of para-hydroxylation sites is 1. The van der Waals surface area contributed by atoms with Gasteiger partial charge in [-0.25, -0.2) is 0 Å². The molecule has 0 unspecified atom stereocenters. The minimum Gasteiger partial charge on any atom is -0.496 e. The molecule has 0 N–H and O–H groups in total. The molecule has 1 aromatic heterocycles. The number of nitrogens with zero attached hydrogens (tertiary/aromatic N) is 1. The summed E-state index contributed by atoms with van der Waals surface area (Å²) in [5.41, 5.74) is 0.932. The highest BCUT2D eigenvalue weighted by atomic mass is 79.9. The van der Waals surface area contributed by atoms with Crippen molar-refractivity contribution in [3.05, 3.63) is 34.9 Å². The third-order valence-electron chi connectivity index (χ3n) is 1.90. The Hall–Kier alpha value is -1.09. The molecular formula is C10H8BrNO. The van der Waals surface area contributed by atoms with E-state index in [4.69, 9.17) is 4.74 Å². The molecule has 0 aliphatic heterocycles. The monoisotopic (exact) mass is 237 g/mol. The summed E-state index contributed by atoms with van der Waals surface area (Å²) in [6.07, 6.45) is 1.74. The molecule has 0 bridgehead atoms. The van der Waals surface area contributed by atoms with Crippen LogP contribution in [0.2, 0.25) is 0 Å². The first-order valence-corrected chi connectivity index (χ1v) is 4.69. The van der Waals surface area contributed by atoms with Crippen LogP contribution in [0.4, 0.5) is 0 Å². The summed E-state index contributed by atoms with van der Waals surface area (Å²) in [6.45, 7) is 0. The topological polar surface area (TPSA) is 22.1 Å². The molecule has 1 heterocycles. The molecule has 0 fully saturated rings. The van der Waals surface area contributed by atoms with Gasteiger partial charge in [0.15, 0.2) is 0 Å². The number of benzene rings is 1. The quantitative estimate of drug-likeness (QED) is 0.761. The first kappa shape index (κ1) is 8.51. The molecule has 0 atom stereocenters. The number of rotatable bonds is 1. The highest BCUT2D eigenvalue weighted by Crippen LogP contribution is 2.28. The Labute approximate surface area is 84.7 Å². The van der Waals surface area contributed by atoms with Crippen molar-refractivity contribution < 1.29 is 4.74 Å². The molecule has 2 nitrogen and oxygen atoms in total. The van der Waals surface area contributed by atoms with Crippen LogP contribution in [0, 0.1) is 0 Å². The zero-order chi connectivity index (χ0) is 9.26. The standard InChI is InChI=1S/C10H8BrNO/c1-13-9-5-6-12-10-7(9)3-2-4-8(10)11/h2-6H,1H3. The molecule has 1 aromatic carbocycles. The fourth-order valence-electron chi connectivity index (χ4n) is 1.29. The Balaban J connectivity index is 2.84. The van der Waals surface area contributed by atoms with Crippen LogP contribution in [-0.2, 0) is 0 Å². The lowest BCUT2D eigenvalue weighted by atomic mass is 10.2. The van der Waals surface area contributed by atoms with Crippen LogP contribution in [0.15, 0.2) is 34.9 Å². The summed E-state index contributed by atoms with van der Waals surface area (Å²) in [7, 11) is 1.66. The van der Waals surface area contributed by atoms with E-state index in [1.165, 1.54) is 0 Å².